The van der Waals surface area contributed by atoms with Crippen molar-refractivity contribution in [2.45, 2.75) is 52.7 Å². The predicted octanol–water partition coefficient (Wildman–Crippen LogP) is 7.29. The summed E-state index contributed by atoms with van der Waals surface area (Å²) in [5.74, 6) is -5.02. The molecule has 5 rings (SSSR count). The van der Waals surface area contributed by atoms with E-state index in [0.717, 1.165) is 0 Å². The molecule has 47 heavy (non-hydrogen) atoms. The number of nitrogens with zero attached hydrogens (tertiary/aromatic N) is 6. The number of carbonyl (C=O) groups excluding carboxylic acids is 1. The molecule has 0 bridgehead atoms. The zero-order valence-corrected chi connectivity index (χ0v) is 28.4. The topological polar surface area (TPSA) is 115 Å². The van der Waals surface area contributed by atoms with Crippen molar-refractivity contribution in [2.24, 2.45) is 16.8 Å². The van der Waals surface area contributed by atoms with Crippen LogP contribution in [0.3, 0.4) is 0 Å². The molecule has 2 aliphatic rings. The maximum Gasteiger partial charge on any atom is 0.272 e. The lowest BCUT2D eigenvalue weighted by atomic mass is 9.88. The molecule has 14 heteroatoms. The maximum atomic E-state index is 14.8. The van der Waals surface area contributed by atoms with E-state index in [1.165, 1.54) is 16.7 Å². The van der Waals surface area contributed by atoms with E-state index < -0.39 is 44.6 Å². The van der Waals surface area contributed by atoms with Crippen LogP contribution in [0.15, 0.2) is 40.8 Å². The summed E-state index contributed by atoms with van der Waals surface area (Å²) in [6.07, 6.45) is 4.72. The highest BCUT2D eigenvalue weighted by Gasteiger charge is 2.38. The summed E-state index contributed by atoms with van der Waals surface area (Å²) in [6.45, 7) is 13.5. The van der Waals surface area contributed by atoms with Crippen LogP contribution in [0.4, 0.5) is 14.5 Å². The maximum absolute atomic E-state index is 14.8. The lowest BCUT2D eigenvalue weighted by molar-refractivity contribution is -0.130. The largest absolute Gasteiger partial charge is 0.504 e. The molecule has 2 aromatic heterocycles. The van der Waals surface area contributed by atoms with Gasteiger partial charge in [0.05, 0.1) is 38.1 Å². The molecule has 4 atom stereocenters. The number of nitriles is 1. The minimum Gasteiger partial charge on any atom is -0.504 e. The molecular weight excluding hydrogens is 673 g/mol. The van der Waals surface area contributed by atoms with Gasteiger partial charge in [-0.3, -0.25) is 19.1 Å². The van der Waals surface area contributed by atoms with E-state index >= 15 is 0 Å². The van der Waals surface area contributed by atoms with Gasteiger partial charge in [0.1, 0.15) is 17.3 Å². The Labute approximate surface area is 285 Å². The number of halogens is 5. The predicted molar refractivity (Wildman–Crippen MR) is 181 cm³/mol. The Kier molecular flexibility index (Phi) is 9.43. The number of aromatic hydroxyl groups is 1. The number of hydrogen-bond donors (Lipinski definition) is 1. The molecule has 1 aromatic carbocycles. The molecule has 1 fully saturated rings. The molecule has 1 saturated heterocycles. The molecule has 1 N–H and O–H groups in total. The Hall–Kier alpha value is -3.98. The molecule has 2 aliphatic heterocycles. The number of phenols is 1. The molecule has 9 nitrogen and oxygen atoms in total. The fourth-order valence-corrected chi connectivity index (χ4v) is 7.29. The Bertz CT molecular complexity index is 1960. The van der Waals surface area contributed by atoms with Crippen LogP contribution in [0.1, 0.15) is 46.2 Å². The van der Waals surface area contributed by atoms with E-state index in [1.807, 2.05) is 45.6 Å². The Balaban J connectivity index is 1.91. The summed E-state index contributed by atoms with van der Waals surface area (Å²) < 4.78 is 30.5. The van der Waals surface area contributed by atoms with E-state index in [4.69, 9.17) is 39.8 Å². The molecule has 0 spiro atoms. The summed E-state index contributed by atoms with van der Waals surface area (Å²) in [6, 6.07) is 2.18. The van der Waals surface area contributed by atoms with Crippen molar-refractivity contribution in [1.82, 2.24) is 14.5 Å². The van der Waals surface area contributed by atoms with Crippen molar-refractivity contribution in [2.75, 3.05) is 18.0 Å². The summed E-state index contributed by atoms with van der Waals surface area (Å²) in [5.41, 5.74) is -0.654. The number of aliphatic imine (C=N–C) groups is 1. The lowest BCUT2D eigenvalue weighted by Gasteiger charge is -2.45. The minimum atomic E-state index is -1.65. The standard InChI is InChI=1S/C33H31Cl3F2N6O3/c1-7-21(45)43-16(5)12-42(13-17(43)6)30-18-10-20(34)28(22-23(35)24(36)25(37)26(38)31(22)46)41-32(18)44(33(47)19(30)11-39)29-15(4)8-9-40-27(29)14(2)3/h7-10,14-17,29,46H,1,12-13H2,2-6H3/t15-,16-,17+,29?/m1/s1. The average Bonchev–Trinajstić information content (AvgIpc) is 3.02. The second-order valence-electron chi connectivity index (χ2n) is 12.1. The van der Waals surface area contributed by atoms with Crippen molar-refractivity contribution < 1.29 is 18.7 Å². The Morgan fingerprint density at radius 3 is 2.36 bits per heavy atom. The van der Waals surface area contributed by atoms with Crippen molar-refractivity contribution in [1.29, 1.82) is 5.26 Å². The van der Waals surface area contributed by atoms with Crippen LogP contribution in [0.25, 0.3) is 22.3 Å². The third-order valence-electron chi connectivity index (χ3n) is 8.65. The van der Waals surface area contributed by atoms with Gasteiger partial charge in [0.15, 0.2) is 11.6 Å². The van der Waals surface area contributed by atoms with Gasteiger partial charge in [-0.1, -0.05) is 68.2 Å². The Morgan fingerprint density at radius 2 is 1.79 bits per heavy atom. The van der Waals surface area contributed by atoms with Crippen LogP contribution in [-0.2, 0) is 4.79 Å². The first-order chi connectivity index (χ1) is 22.2. The van der Waals surface area contributed by atoms with E-state index in [0.29, 0.717) is 11.1 Å². The van der Waals surface area contributed by atoms with E-state index in [1.54, 1.807) is 11.1 Å². The fraction of sp³-hybridized carbons (Fsp3) is 0.364. The zero-order valence-electron chi connectivity index (χ0n) is 26.2. The van der Waals surface area contributed by atoms with Crippen molar-refractivity contribution in [3.63, 3.8) is 0 Å². The van der Waals surface area contributed by atoms with Crippen LogP contribution in [-0.4, -0.2) is 56.3 Å². The molecule has 1 unspecified atom stereocenters. The summed E-state index contributed by atoms with van der Waals surface area (Å²) in [5, 5.41) is 20.0. The van der Waals surface area contributed by atoms with Gasteiger partial charge in [-0.15, -0.1) is 0 Å². The first kappa shape index (κ1) is 34.4. The number of rotatable bonds is 5. The lowest BCUT2D eigenvalue weighted by Crippen LogP contribution is -2.58. The number of allylic oxidation sites excluding steroid dienone is 1. The van der Waals surface area contributed by atoms with Gasteiger partial charge in [0, 0.05) is 48.4 Å². The third kappa shape index (κ3) is 5.56. The summed E-state index contributed by atoms with van der Waals surface area (Å²) >= 11 is 19.1. The smallest absolute Gasteiger partial charge is 0.272 e. The van der Waals surface area contributed by atoms with Gasteiger partial charge in [-0.25, -0.2) is 9.37 Å². The van der Waals surface area contributed by atoms with E-state index in [9.17, 15) is 28.7 Å². The first-order valence-electron chi connectivity index (χ1n) is 14.8. The van der Waals surface area contributed by atoms with Crippen LogP contribution in [0.2, 0.25) is 15.1 Å². The van der Waals surface area contributed by atoms with Crippen molar-refractivity contribution in [3.8, 4) is 23.1 Å². The van der Waals surface area contributed by atoms with Gasteiger partial charge >= 0.3 is 0 Å². The molecule has 3 aromatic rings. The first-order valence-corrected chi connectivity index (χ1v) is 16.0. The van der Waals surface area contributed by atoms with Gasteiger partial charge in [-0.05, 0) is 31.9 Å². The normalized spacial score (nSPS) is 21.3. The molecular formula is C33H31Cl3F2N6O3. The second-order valence-corrected chi connectivity index (χ2v) is 13.2. The monoisotopic (exact) mass is 702 g/mol. The number of pyridine rings is 2. The molecule has 246 valence electrons. The number of piperazine rings is 1. The highest BCUT2D eigenvalue weighted by molar-refractivity contribution is 6.44. The highest BCUT2D eigenvalue weighted by Crippen LogP contribution is 2.47. The number of fused-ring (bicyclic) bond motifs is 1. The molecule has 1 amide bonds. The third-order valence-corrected chi connectivity index (χ3v) is 9.77. The number of hydrogen-bond acceptors (Lipinski definition) is 7. The molecule has 4 heterocycles. The van der Waals surface area contributed by atoms with Gasteiger partial charge in [-0.2, -0.15) is 9.65 Å². The Morgan fingerprint density at radius 1 is 1.15 bits per heavy atom. The summed E-state index contributed by atoms with van der Waals surface area (Å²) in [4.78, 5) is 40.0. The summed E-state index contributed by atoms with van der Waals surface area (Å²) in [7, 11) is 0. The van der Waals surface area contributed by atoms with E-state index in [2.05, 4.69) is 17.6 Å². The zero-order chi connectivity index (χ0) is 34.6. The highest BCUT2D eigenvalue weighted by atomic mass is 35.5. The van der Waals surface area contributed by atoms with Crippen LogP contribution in [0, 0.1) is 34.8 Å². The second kappa shape index (κ2) is 12.9. The number of amides is 1. The van der Waals surface area contributed by atoms with Gasteiger partial charge < -0.3 is 14.9 Å². The number of carbonyl (C=O) groups is 1. The quantitative estimate of drug-likeness (QED) is 0.170. The molecule has 0 aliphatic carbocycles. The number of aromatic nitrogens is 2. The van der Waals surface area contributed by atoms with Crippen LogP contribution in [0.5, 0.6) is 5.75 Å². The number of benzene rings is 1. The van der Waals surface area contributed by atoms with Crippen LogP contribution >= 0.6 is 34.8 Å². The SMILES string of the molecule is C=CC(=O)N1[C@H](C)CN(c2c(C#N)c(=O)n(C3C(C(C)C)=NC=C[C@H]3C)c3nc(-c4c(O)c(F)c(F)c(Cl)c4Cl)c(Cl)cc23)C[C@@H]1C. The number of anilines is 1. The van der Waals surface area contributed by atoms with Gasteiger partial charge in [0.2, 0.25) is 11.7 Å². The van der Waals surface area contributed by atoms with Crippen molar-refractivity contribution >= 4 is 63.1 Å². The van der Waals surface area contributed by atoms with Gasteiger partial charge in [0.25, 0.3) is 5.56 Å². The van der Waals surface area contributed by atoms with Crippen molar-refractivity contribution in [3.05, 3.63) is 73.6 Å². The molecule has 0 radical (unpaired) electrons. The van der Waals surface area contributed by atoms with E-state index in [-0.39, 0.29) is 70.5 Å². The average molecular weight is 704 g/mol. The van der Waals surface area contributed by atoms with Crippen LogP contribution < -0.4 is 10.5 Å². The fourth-order valence-electron chi connectivity index (χ4n) is 6.61. The molecule has 0 saturated carbocycles. The minimum absolute atomic E-state index is 0.0325. The number of phenolic OH excluding ortho intramolecular Hbond substituents is 1.